The van der Waals surface area contributed by atoms with Gasteiger partial charge in [-0.2, -0.15) is 0 Å². The summed E-state index contributed by atoms with van der Waals surface area (Å²) in [7, 11) is 0. The Kier molecular flexibility index (Phi) is 3.32. The third-order valence-corrected chi connectivity index (χ3v) is 4.05. The maximum absolute atomic E-state index is 5.91. The van der Waals surface area contributed by atoms with Crippen LogP contribution in [0.4, 0.5) is 11.6 Å². The van der Waals surface area contributed by atoms with E-state index < -0.39 is 0 Å². The van der Waals surface area contributed by atoms with Crippen LogP contribution in [-0.2, 0) is 5.41 Å². The van der Waals surface area contributed by atoms with E-state index in [0.29, 0.717) is 11.9 Å². The van der Waals surface area contributed by atoms with Crippen molar-refractivity contribution in [3.8, 4) is 0 Å². The van der Waals surface area contributed by atoms with Crippen molar-refractivity contribution in [2.24, 2.45) is 0 Å². The van der Waals surface area contributed by atoms with Crippen LogP contribution >= 0.6 is 0 Å². The fraction of sp³-hybridized carbons (Fsp3) is 0.733. The van der Waals surface area contributed by atoms with Crippen LogP contribution in [0.2, 0.25) is 0 Å². The van der Waals surface area contributed by atoms with Crippen LogP contribution in [0, 0.1) is 0 Å². The van der Waals surface area contributed by atoms with Gasteiger partial charge in [-0.15, -0.1) is 0 Å². The summed E-state index contributed by atoms with van der Waals surface area (Å²) in [4.78, 5) is 11.6. The number of hydrogen-bond acceptors (Lipinski definition) is 5. The number of anilines is 2. The molecule has 2 aliphatic rings. The predicted octanol–water partition coefficient (Wildman–Crippen LogP) is 2.00. The molecule has 1 aliphatic carbocycles. The van der Waals surface area contributed by atoms with E-state index in [-0.39, 0.29) is 5.41 Å². The highest BCUT2D eigenvalue weighted by atomic mass is 15.2. The lowest BCUT2D eigenvalue weighted by atomic mass is 9.96. The van der Waals surface area contributed by atoms with Crippen LogP contribution in [0.3, 0.4) is 0 Å². The Labute approximate surface area is 121 Å². The summed E-state index contributed by atoms with van der Waals surface area (Å²) < 4.78 is 0. The van der Waals surface area contributed by atoms with Crippen molar-refractivity contribution in [1.82, 2.24) is 14.9 Å². The summed E-state index contributed by atoms with van der Waals surface area (Å²) in [5.41, 5.74) is 5.83. The molecule has 0 spiro atoms. The van der Waals surface area contributed by atoms with Gasteiger partial charge in [0, 0.05) is 36.7 Å². The molecule has 3 rings (SSSR count). The molecular formula is C15H25N5. The second-order valence-corrected chi connectivity index (χ2v) is 7.11. The number of nitrogen functional groups attached to an aromatic ring is 1. The Morgan fingerprint density at radius 2 is 2.00 bits per heavy atom. The van der Waals surface area contributed by atoms with Gasteiger partial charge >= 0.3 is 0 Å². The van der Waals surface area contributed by atoms with Gasteiger partial charge in [-0.3, -0.25) is 4.90 Å². The van der Waals surface area contributed by atoms with Crippen LogP contribution in [0.5, 0.6) is 0 Å². The zero-order valence-corrected chi connectivity index (χ0v) is 12.7. The van der Waals surface area contributed by atoms with Gasteiger partial charge in [-0.1, -0.05) is 20.8 Å². The quantitative estimate of drug-likeness (QED) is 0.883. The molecule has 0 aromatic carbocycles. The molecule has 1 aliphatic heterocycles. The lowest BCUT2D eigenvalue weighted by molar-refractivity contribution is 0.326. The monoisotopic (exact) mass is 275 g/mol. The Hall–Kier alpha value is -1.36. The van der Waals surface area contributed by atoms with Gasteiger partial charge in [0.15, 0.2) is 0 Å². The van der Waals surface area contributed by atoms with Gasteiger partial charge in [0.2, 0.25) is 0 Å². The molecule has 0 bridgehead atoms. The second-order valence-electron chi connectivity index (χ2n) is 7.11. The number of nitrogens with one attached hydrogen (secondary N) is 1. The summed E-state index contributed by atoms with van der Waals surface area (Å²) in [6, 6.07) is 3.18. The van der Waals surface area contributed by atoms with E-state index in [2.05, 4.69) is 41.0 Å². The van der Waals surface area contributed by atoms with Gasteiger partial charge in [0.25, 0.3) is 0 Å². The number of hydrogen-bond donors (Lipinski definition) is 2. The molecule has 2 heterocycles. The molecular weight excluding hydrogens is 250 g/mol. The minimum absolute atomic E-state index is 0.0818. The van der Waals surface area contributed by atoms with Crippen molar-refractivity contribution in [2.45, 2.75) is 57.5 Å². The number of nitrogens with zero attached hydrogens (tertiary/aromatic N) is 3. The standard InChI is InChI=1S/C15H25N5/c1-15(2,3)14-18-12(16)8-13(19-14)17-10-6-7-20(9-10)11-4-5-11/h8,10-11H,4-7,9H2,1-3H3,(H3,16,17,18,19). The van der Waals surface area contributed by atoms with Crippen LogP contribution in [0.15, 0.2) is 6.07 Å². The first-order valence-electron chi connectivity index (χ1n) is 7.57. The first-order valence-corrected chi connectivity index (χ1v) is 7.57. The fourth-order valence-electron chi connectivity index (χ4n) is 2.76. The van der Waals surface area contributed by atoms with Crippen molar-refractivity contribution in [2.75, 3.05) is 24.1 Å². The summed E-state index contributed by atoms with van der Waals surface area (Å²) in [5.74, 6) is 2.21. The summed E-state index contributed by atoms with van der Waals surface area (Å²) >= 11 is 0. The van der Waals surface area contributed by atoms with Crippen LogP contribution in [0.25, 0.3) is 0 Å². The van der Waals surface area contributed by atoms with E-state index in [1.807, 2.05) is 6.07 Å². The summed E-state index contributed by atoms with van der Waals surface area (Å²) in [6.07, 6.45) is 3.94. The van der Waals surface area contributed by atoms with E-state index >= 15 is 0 Å². The van der Waals surface area contributed by atoms with Gasteiger partial charge in [0.05, 0.1) is 0 Å². The predicted molar refractivity (Wildman–Crippen MR) is 81.8 cm³/mol. The highest BCUT2D eigenvalue weighted by Gasteiger charge is 2.34. The third kappa shape index (κ3) is 3.03. The topological polar surface area (TPSA) is 67.1 Å². The Balaban J connectivity index is 1.69. The Bertz CT molecular complexity index is 490. The van der Waals surface area contributed by atoms with E-state index in [1.54, 1.807) is 0 Å². The van der Waals surface area contributed by atoms with Crippen molar-refractivity contribution >= 4 is 11.6 Å². The van der Waals surface area contributed by atoms with Gasteiger partial charge < -0.3 is 11.1 Å². The van der Waals surface area contributed by atoms with Crippen molar-refractivity contribution in [1.29, 1.82) is 0 Å². The normalized spacial score (nSPS) is 24.1. The molecule has 5 nitrogen and oxygen atoms in total. The lowest BCUT2D eigenvalue weighted by Gasteiger charge is -2.20. The number of aromatic nitrogens is 2. The maximum atomic E-state index is 5.91. The fourth-order valence-corrected chi connectivity index (χ4v) is 2.76. The number of likely N-dealkylation sites (tertiary alicyclic amines) is 1. The first kappa shape index (κ1) is 13.6. The molecule has 1 atom stereocenters. The minimum Gasteiger partial charge on any atom is -0.384 e. The van der Waals surface area contributed by atoms with E-state index in [4.69, 9.17) is 5.73 Å². The van der Waals surface area contributed by atoms with Gasteiger partial charge in [0.1, 0.15) is 17.5 Å². The number of nitrogens with two attached hydrogens (primary N) is 1. The third-order valence-electron chi connectivity index (χ3n) is 4.05. The number of rotatable bonds is 3. The summed E-state index contributed by atoms with van der Waals surface area (Å²) in [6.45, 7) is 8.65. The van der Waals surface area contributed by atoms with Gasteiger partial charge in [-0.25, -0.2) is 9.97 Å². The van der Waals surface area contributed by atoms with Crippen LogP contribution < -0.4 is 11.1 Å². The summed E-state index contributed by atoms with van der Waals surface area (Å²) in [5, 5.41) is 3.53. The van der Waals surface area contributed by atoms with Crippen molar-refractivity contribution in [3.63, 3.8) is 0 Å². The highest BCUT2D eigenvalue weighted by Crippen LogP contribution is 2.30. The van der Waals surface area contributed by atoms with Gasteiger partial charge in [-0.05, 0) is 19.3 Å². The molecule has 0 amide bonds. The largest absolute Gasteiger partial charge is 0.384 e. The van der Waals surface area contributed by atoms with Crippen molar-refractivity contribution < 1.29 is 0 Å². The molecule has 1 aromatic rings. The molecule has 1 aromatic heterocycles. The van der Waals surface area contributed by atoms with Crippen molar-refractivity contribution in [3.05, 3.63) is 11.9 Å². The first-order chi connectivity index (χ1) is 9.41. The van der Waals surface area contributed by atoms with E-state index in [9.17, 15) is 0 Å². The van der Waals surface area contributed by atoms with Crippen LogP contribution in [-0.4, -0.2) is 40.0 Å². The minimum atomic E-state index is -0.0818. The smallest absolute Gasteiger partial charge is 0.138 e. The van der Waals surface area contributed by atoms with Crippen LogP contribution in [0.1, 0.15) is 45.9 Å². The molecule has 5 heteroatoms. The Morgan fingerprint density at radius 3 is 2.65 bits per heavy atom. The zero-order valence-electron chi connectivity index (χ0n) is 12.7. The average Bonchev–Trinajstić information content (AvgIpc) is 3.09. The highest BCUT2D eigenvalue weighted by molar-refractivity contribution is 5.46. The molecule has 20 heavy (non-hydrogen) atoms. The van der Waals surface area contributed by atoms with E-state index in [0.717, 1.165) is 24.2 Å². The molecule has 2 fully saturated rings. The SMILES string of the molecule is CC(C)(C)c1nc(N)cc(NC2CCN(C3CC3)C2)n1. The molecule has 1 unspecified atom stereocenters. The second kappa shape index (κ2) is 4.88. The molecule has 0 radical (unpaired) electrons. The van der Waals surface area contributed by atoms with E-state index in [1.165, 1.54) is 25.8 Å². The lowest BCUT2D eigenvalue weighted by Crippen LogP contribution is -2.28. The molecule has 3 N–H and O–H groups in total. The molecule has 1 saturated heterocycles. The average molecular weight is 275 g/mol. The molecule has 110 valence electrons. The molecule has 1 saturated carbocycles. The zero-order chi connectivity index (χ0) is 14.3. The maximum Gasteiger partial charge on any atom is 0.138 e. The Morgan fingerprint density at radius 1 is 1.25 bits per heavy atom.